The lowest BCUT2D eigenvalue weighted by Gasteiger charge is -2.25. The first kappa shape index (κ1) is 21.3. The molecule has 0 bridgehead atoms. The number of ether oxygens (including phenoxy) is 2. The molecule has 2 fully saturated rings. The van der Waals surface area contributed by atoms with E-state index in [-0.39, 0.29) is 11.6 Å². The van der Waals surface area contributed by atoms with Crippen LogP contribution in [0.15, 0.2) is 24.3 Å². The first-order valence-corrected chi connectivity index (χ1v) is 11.1. The number of H-pyrrole nitrogens is 1. The maximum absolute atomic E-state index is 12.4. The highest BCUT2D eigenvalue weighted by molar-refractivity contribution is 5.95. The number of methoxy groups -OCH3 is 1. The summed E-state index contributed by atoms with van der Waals surface area (Å²) in [6.07, 6.45) is 0.543. The number of para-hydroxylation sites is 1. The number of alkyl carbamates (subject to hydrolysis) is 1. The number of hydrogen-bond donors (Lipinski definition) is 3. The number of nitrogens with one attached hydrogen (secondary N) is 3. The van der Waals surface area contributed by atoms with Gasteiger partial charge < -0.3 is 25.0 Å². The summed E-state index contributed by atoms with van der Waals surface area (Å²) in [7, 11) is 1.63. The quantitative estimate of drug-likeness (QED) is 0.539. The fraction of sp³-hybridized carbons (Fsp3) is 0.478. The molecule has 0 radical (unpaired) electrons. The van der Waals surface area contributed by atoms with Crippen molar-refractivity contribution in [2.75, 3.05) is 30.4 Å². The molecule has 1 saturated carbocycles. The first-order valence-electron chi connectivity index (χ1n) is 11.1. The molecule has 10 heteroatoms. The van der Waals surface area contributed by atoms with Gasteiger partial charge in [0.15, 0.2) is 5.82 Å². The van der Waals surface area contributed by atoms with Crippen molar-refractivity contribution in [1.29, 1.82) is 0 Å². The third-order valence-electron chi connectivity index (χ3n) is 6.03. The van der Waals surface area contributed by atoms with Crippen LogP contribution in [0, 0.1) is 12.8 Å². The van der Waals surface area contributed by atoms with E-state index in [9.17, 15) is 4.79 Å². The van der Waals surface area contributed by atoms with E-state index in [1.54, 1.807) is 7.11 Å². The lowest BCUT2D eigenvalue weighted by Crippen LogP contribution is -2.44. The Balaban J connectivity index is 1.44. The molecule has 2 atom stereocenters. The Morgan fingerprint density at radius 2 is 2.12 bits per heavy atom. The molecule has 1 aliphatic heterocycles. The van der Waals surface area contributed by atoms with Crippen molar-refractivity contribution in [3.05, 3.63) is 30.0 Å². The van der Waals surface area contributed by atoms with E-state index in [4.69, 9.17) is 19.4 Å². The molecule has 2 unspecified atom stereocenters. The zero-order valence-electron chi connectivity index (χ0n) is 19.5. The van der Waals surface area contributed by atoms with E-state index < -0.39 is 5.60 Å². The number of piperidine rings is 1. The van der Waals surface area contributed by atoms with Crippen LogP contribution in [0.5, 0.6) is 5.75 Å². The van der Waals surface area contributed by atoms with Crippen molar-refractivity contribution in [3.63, 3.8) is 0 Å². The SMILES string of the molecule is COc1cccc2c(Nc3cc(C)[nH]n3)nc(N3CC4CC4(NC(=O)OC(C)(C)C)C3)nc12. The molecule has 3 heterocycles. The summed E-state index contributed by atoms with van der Waals surface area (Å²) in [6, 6.07) is 7.67. The lowest BCUT2D eigenvalue weighted by atomic mass is 10.2. The Kier molecular flexibility index (Phi) is 4.84. The van der Waals surface area contributed by atoms with Gasteiger partial charge in [-0.15, -0.1) is 0 Å². The van der Waals surface area contributed by atoms with Gasteiger partial charge in [0.2, 0.25) is 5.95 Å². The van der Waals surface area contributed by atoms with Crippen molar-refractivity contribution in [2.24, 2.45) is 5.92 Å². The summed E-state index contributed by atoms with van der Waals surface area (Å²) in [4.78, 5) is 24.2. The third kappa shape index (κ3) is 4.12. The predicted molar refractivity (Wildman–Crippen MR) is 125 cm³/mol. The molecule has 33 heavy (non-hydrogen) atoms. The highest BCUT2D eigenvalue weighted by Crippen LogP contribution is 2.50. The molecule has 5 rings (SSSR count). The summed E-state index contributed by atoms with van der Waals surface area (Å²) >= 11 is 0. The smallest absolute Gasteiger partial charge is 0.408 e. The van der Waals surface area contributed by atoms with E-state index in [1.165, 1.54) is 0 Å². The van der Waals surface area contributed by atoms with E-state index in [0.717, 1.165) is 29.6 Å². The Morgan fingerprint density at radius 3 is 2.82 bits per heavy atom. The van der Waals surface area contributed by atoms with Crippen molar-refractivity contribution in [1.82, 2.24) is 25.5 Å². The minimum absolute atomic E-state index is 0.297. The number of carbonyl (C=O) groups excluding carboxylic acids is 1. The monoisotopic (exact) mass is 451 g/mol. The number of benzene rings is 1. The number of aromatic amines is 1. The molecule has 174 valence electrons. The van der Waals surface area contributed by atoms with Crippen LogP contribution in [0.4, 0.5) is 22.4 Å². The molecule has 10 nitrogen and oxygen atoms in total. The Bertz CT molecular complexity index is 1220. The molecule has 1 amide bonds. The minimum Gasteiger partial charge on any atom is -0.494 e. The van der Waals surface area contributed by atoms with Gasteiger partial charge >= 0.3 is 6.09 Å². The van der Waals surface area contributed by atoms with Gasteiger partial charge in [-0.3, -0.25) is 5.10 Å². The van der Waals surface area contributed by atoms with Crippen LogP contribution >= 0.6 is 0 Å². The third-order valence-corrected chi connectivity index (χ3v) is 6.03. The predicted octanol–water partition coefficient (Wildman–Crippen LogP) is 3.52. The Hall–Kier alpha value is -3.56. The number of rotatable bonds is 5. The van der Waals surface area contributed by atoms with E-state index in [1.807, 2.05) is 52.0 Å². The normalized spacial score (nSPS) is 21.6. The van der Waals surface area contributed by atoms with Crippen LogP contribution in [0.3, 0.4) is 0 Å². The average Bonchev–Trinajstić information content (AvgIpc) is 3.03. The zero-order chi connectivity index (χ0) is 23.4. The average molecular weight is 452 g/mol. The maximum atomic E-state index is 12.4. The number of nitrogens with zero attached hydrogens (tertiary/aromatic N) is 4. The summed E-state index contributed by atoms with van der Waals surface area (Å²) in [5.41, 5.74) is 0.832. The Morgan fingerprint density at radius 1 is 1.30 bits per heavy atom. The second kappa shape index (κ2) is 7.50. The van der Waals surface area contributed by atoms with Crippen LogP contribution in [-0.4, -0.2) is 57.6 Å². The fourth-order valence-electron chi connectivity index (χ4n) is 4.46. The first-order chi connectivity index (χ1) is 15.7. The number of hydrogen-bond acceptors (Lipinski definition) is 8. The van der Waals surface area contributed by atoms with Gasteiger partial charge in [-0.2, -0.15) is 10.1 Å². The Labute approximate surface area is 192 Å². The number of carbonyl (C=O) groups is 1. The molecule has 1 saturated heterocycles. The van der Waals surface area contributed by atoms with E-state index in [2.05, 4.69) is 25.7 Å². The van der Waals surface area contributed by atoms with E-state index in [0.29, 0.717) is 35.8 Å². The van der Waals surface area contributed by atoms with E-state index >= 15 is 0 Å². The highest BCUT2D eigenvalue weighted by atomic mass is 16.6. The molecule has 3 N–H and O–H groups in total. The van der Waals surface area contributed by atoms with Crippen LogP contribution in [0.25, 0.3) is 10.9 Å². The van der Waals surface area contributed by atoms with Crippen molar-refractivity contribution in [2.45, 2.75) is 45.3 Å². The number of fused-ring (bicyclic) bond motifs is 2. The molecular formula is C23H29N7O3. The molecule has 2 aromatic heterocycles. The molecule has 3 aromatic rings. The summed E-state index contributed by atoms with van der Waals surface area (Å²) in [5.74, 6) is 2.92. The summed E-state index contributed by atoms with van der Waals surface area (Å²) in [6.45, 7) is 8.91. The van der Waals surface area contributed by atoms with Crippen LogP contribution in [-0.2, 0) is 4.74 Å². The summed E-state index contributed by atoms with van der Waals surface area (Å²) in [5, 5.41) is 14.4. The standard InChI is InChI=1S/C23H29N7O3/c1-13-9-17(29-28-13)24-19-15-7-6-8-16(32-5)18(15)25-20(26-19)30-11-14-10-23(14,12-30)27-21(31)33-22(2,3)4/h6-9,14H,10-12H2,1-5H3,(H,27,31)(H2,24,25,26,28,29). The molecule has 1 aromatic carbocycles. The molecular weight excluding hydrogens is 422 g/mol. The largest absolute Gasteiger partial charge is 0.494 e. The van der Waals surface area contributed by atoms with Crippen LogP contribution in [0.1, 0.15) is 32.9 Å². The maximum Gasteiger partial charge on any atom is 0.408 e. The van der Waals surface area contributed by atoms with Gasteiger partial charge in [-0.25, -0.2) is 9.78 Å². The van der Waals surface area contributed by atoms with Gasteiger partial charge in [0, 0.05) is 36.2 Å². The van der Waals surface area contributed by atoms with Gasteiger partial charge in [0.25, 0.3) is 0 Å². The van der Waals surface area contributed by atoms with Gasteiger partial charge in [0.05, 0.1) is 12.6 Å². The van der Waals surface area contributed by atoms with Crippen molar-refractivity contribution >= 4 is 34.6 Å². The minimum atomic E-state index is -0.535. The van der Waals surface area contributed by atoms with Crippen molar-refractivity contribution in [3.8, 4) is 5.75 Å². The second-order valence-corrected chi connectivity index (χ2v) is 9.85. The highest BCUT2D eigenvalue weighted by Gasteiger charge is 2.62. The second-order valence-electron chi connectivity index (χ2n) is 9.85. The topological polar surface area (TPSA) is 117 Å². The number of anilines is 3. The molecule has 1 aliphatic carbocycles. The van der Waals surface area contributed by atoms with Gasteiger partial charge in [0.1, 0.15) is 22.7 Å². The van der Waals surface area contributed by atoms with Gasteiger partial charge in [-0.05, 0) is 46.2 Å². The van der Waals surface area contributed by atoms with Crippen LogP contribution in [0.2, 0.25) is 0 Å². The number of aryl methyl sites for hydroxylation is 1. The van der Waals surface area contributed by atoms with Crippen LogP contribution < -0.4 is 20.3 Å². The number of aromatic nitrogens is 4. The zero-order valence-corrected chi connectivity index (χ0v) is 19.5. The summed E-state index contributed by atoms with van der Waals surface area (Å²) < 4.78 is 11.0. The van der Waals surface area contributed by atoms with Crippen molar-refractivity contribution < 1.29 is 14.3 Å². The molecule has 0 spiro atoms. The van der Waals surface area contributed by atoms with Gasteiger partial charge in [-0.1, -0.05) is 6.07 Å². The molecule has 2 aliphatic rings. The number of amides is 1. The fourth-order valence-corrected chi connectivity index (χ4v) is 4.46. The lowest BCUT2D eigenvalue weighted by molar-refractivity contribution is 0.0498.